The molecule has 1 aromatic heterocycles. The summed E-state index contributed by atoms with van der Waals surface area (Å²) < 4.78 is 0. The number of aromatic amines is 1. The molecule has 7 heteroatoms. The maximum absolute atomic E-state index is 12.0. The molecule has 19 heavy (non-hydrogen) atoms. The van der Waals surface area contributed by atoms with Crippen LogP contribution >= 0.6 is 0 Å². The number of hydrogen-bond donors (Lipinski definition) is 3. The first-order valence-electron chi connectivity index (χ1n) is 6.09. The van der Waals surface area contributed by atoms with Gasteiger partial charge in [-0.25, -0.2) is 4.98 Å². The molecular weight excluding hydrogens is 248 g/mol. The van der Waals surface area contributed by atoms with Crippen molar-refractivity contribution >= 4 is 11.9 Å². The number of aromatic nitrogens is 3. The number of carboxylic acids is 1. The molecule has 0 aromatic carbocycles. The van der Waals surface area contributed by atoms with E-state index < -0.39 is 22.8 Å². The zero-order valence-electron chi connectivity index (χ0n) is 11.9. The van der Waals surface area contributed by atoms with Gasteiger partial charge in [0, 0.05) is 6.42 Å². The minimum Gasteiger partial charge on any atom is -0.481 e. The highest BCUT2D eigenvalue weighted by molar-refractivity contribution is 5.91. The Kier molecular flexibility index (Phi) is 3.97. The molecular formula is C12H20N4O3. The fraction of sp³-hybridized carbons (Fsp3) is 0.667. The summed E-state index contributed by atoms with van der Waals surface area (Å²) in [6.45, 7) is 8.33. The van der Waals surface area contributed by atoms with Crippen molar-refractivity contribution in [3.63, 3.8) is 0 Å². The quantitative estimate of drug-likeness (QED) is 0.738. The third-order valence-corrected chi connectivity index (χ3v) is 3.59. The Balaban J connectivity index is 2.89. The third kappa shape index (κ3) is 2.91. The van der Waals surface area contributed by atoms with E-state index in [-0.39, 0.29) is 5.82 Å². The predicted molar refractivity (Wildman–Crippen MR) is 68.7 cm³/mol. The highest BCUT2D eigenvalue weighted by atomic mass is 16.4. The molecule has 0 spiro atoms. The van der Waals surface area contributed by atoms with Crippen LogP contribution in [0, 0.1) is 5.41 Å². The first kappa shape index (κ1) is 15.1. The van der Waals surface area contributed by atoms with Gasteiger partial charge in [0.25, 0.3) is 5.91 Å². The number of nitrogens with zero attached hydrogens (tertiary/aromatic N) is 2. The fourth-order valence-electron chi connectivity index (χ4n) is 1.32. The lowest BCUT2D eigenvalue weighted by atomic mass is 9.74. The largest absolute Gasteiger partial charge is 0.481 e. The number of carbonyl (C=O) groups is 2. The Hall–Kier alpha value is -1.92. The van der Waals surface area contributed by atoms with E-state index in [1.54, 1.807) is 27.7 Å². The number of H-pyrrole nitrogens is 1. The first-order valence-corrected chi connectivity index (χ1v) is 6.09. The van der Waals surface area contributed by atoms with Gasteiger partial charge in [-0.3, -0.25) is 14.7 Å². The standard InChI is InChI=1S/C12H20N4O3/c1-6-7-13-8(16-15-7)9(17)14-12(4,5)11(2,3)10(18)19/h6H2,1-5H3,(H,14,17)(H,18,19)(H,13,15,16). The van der Waals surface area contributed by atoms with Crippen LogP contribution in [0.4, 0.5) is 0 Å². The van der Waals surface area contributed by atoms with Crippen molar-refractivity contribution in [2.24, 2.45) is 5.41 Å². The summed E-state index contributed by atoms with van der Waals surface area (Å²) in [5, 5.41) is 18.3. The molecule has 1 rings (SSSR count). The summed E-state index contributed by atoms with van der Waals surface area (Å²) in [5.74, 6) is -0.844. The van der Waals surface area contributed by atoms with Gasteiger partial charge in [-0.2, -0.15) is 0 Å². The lowest BCUT2D eigenvalue weighted by Gasteiger charge is -2.38. The van der Waals surface area contributed by atoms with Crippen LogP contribution in [-0.4, -0.2) is 37.7 Å². The molecule has 0 fully saturated rings. The molecule has 0 saturated carbocycles. The van der Waals surface area contributed by atoms with Crippen LogP contribution < -0.4 is 5.32 Å². The number of amides is 1. The van der Waals surface area contributed by atoms with Gasteiger partial charge in [0.15, 0.2) is 0 Å². The predicted octanol–water partition coefficient (Wildman–Crippen LogP) is 0.986. The third-order valence-electron chi connectivity index (χ3n) is 3.59. The maximum atomic E-state index is 12.0. The molecule has 0 unspecified atom stereocenters. The number of aryl methyl sites for hydroxylation is 1. The van der Waals surface area contributed by atoms with E-state index in [1.165, 1.54) is 0 Å². The Morgan fingerprint density at radius 3 is 2.32 bits per heavy atom. The molecule has 7 nitrogen and oxygen atoms in total. The number of aliphatic carboxylic acids is 1. The summed E-state index contributed by atoms with van der Waals surface area (Å²) in [5.41, 5.74) is -2.06. The van der Waals surface area contributed by atoms with E-state index in [4.69, 9.17) is 0 Å². The van der Waals surface area contributed by atoms with Crippen molar-refractivity contribution in [3.05, 3.63) is 11.6 Å². The van der Waals surface area contributed by atoms with Gasteiger partial charge in [0.05, 0.1) is 11.0 Å². The van der Waals surface area contributed by atoms with Gasteiger partial charge in [-0.05, 0) is 27.7 Å². The molecule has 0 saturated heterocycles. The number of rotatable bonds is 5. The van der Waals surface area contributed by atoms with Crippen molar-refractivity contribution in [3.8, 4) is 0 Å². The average Bonchev–Trinajstić information content (AvgIpc) is 2.76. The Labute approximate surface area is 111 Å². The molecule has 106 valence electrons. The highest BCUT2D eigenvalue weighted by Gasteiger charge is 2.44. The summed E-state index contributed by atoms with van der Waals surface area (Å²) in [6.07, 6.45) is 0.643. The van der Waals surface area contributed by atoms with Gasteiger partial charge >= 0.3 is 5.97 Å². The molecule has 0 aliphatic carbocycles. The molecule has 1 amide bonds. The van der Waals surface area contributed by atoms with E-state index in [0.29, 0.717) is 12.2 Å². The van der Waals surface area contributed by atoms with Crippen molar-refractivity contribution in [1.29, 1.82) is 0 Å². The SMILES string of the molecule is CCc1nc(C(=O)NC(C)(C)C(C)(C)C(=O)O)n[nH]1. The highest BCUT2D eigenvalue weighted by Crippen LogP contribution is 2.30. The Morgan fingerprint density at radius 1 is 1.32 bits per heavy atom. The van der Waals surface area contributed by atoms with Crippen LogP contribution in [0.1, 0.15) is 51.1 Å². The number of nitrogens with one attached hydrogen (secondary N) is 2. The van der Waals surface area contributed by atoms with Gasteiger partial charge in [0.2, 0.25) is 5.82 Å². The fourth-order valence-corrected chi connectivity index (χ4v) is 1.32. The Morgan fingerprint density at radius 2 is 1.89 bits per heavy atom. The van der Waals surface area contributed by atoms with E-state index in [9.17, 15) is 14.7 Å². The second-order valence-electron chi connectivity index (χ2n) is 5.47. The van der Waals surface area contributed by atoms with E-state index >= 15 is 0 Å². The van der Waals surface area contributed by atoms with Gasteiger partial charge < -0.3 is 10.4 Å². The van der Waals surface area contributed by atoms with Crippen molar-refractivity contribution in [1.82, 2.24) is 20.5 Å². The van der Waals surface area contributed by atoms with Crippen LogP contribution in [-0.2, 0) is 11.2 Å². The lowest BCUT2D eigenvalue weighted by molar-refractivity contribution is -0.150. The van der Waals surface area contributed by atoms with Gasteiger partial charge in [-0.1, -0.05) is 6.92 Å². The average molecular weight is 268 g/mol. The second-order valence-corrected chi connectivity index (χ2v) is 5.47. The molecule has 0 radical (unpaired) electrons. The Bertz CT molecular complexity index is 491. The van der Waals surface area contributed by atoms with Crippen LogP contribution in [0.3, 0.4) is 0 Å². The van der Waals surface area contributed by atoms with E-state index in [1.807, 2.05) is 6.92 Å². The zero-order valence-corrected chi connectivity index (χ0v) is 11.9. The van der Waals surface area contributed by atoms with Crippen molar-refractivity contribution in [2.75, 3.05) is 0 Å². The molecule has 0 bridgehead atoms. The lowest BCUT2D eigenvalue weighted by Crippen LogP contribution is -2.57. The number of hydrogen-bond acceptors (Lipinski definition) is 4. The second kappa shape index (κ2) is 4.99. The summed E-state index contributed by atoms with van der Waals surface area (Å²) in [7, 11) is 0. The van der Waals surface area contributed by atoms with Crippen LogP contribution in [0.25, 0.3) is 0 Å². The van der Waals surface area contributed by atoms with Crippen LogP contribution in [0.2, 0.25) is 0 Å². The molecule has 0 aliphatic rings. The minimum absolute atomic E-state index is 0.0195. The molecule has 3 N–H and O–H groups in total. The van der Waals surface area contributed by atoms with Crippen LogP contribution in [0.15, 0.2) is 0 Å². The van der Waals surface area contributed by atoms with Crippen molar-refractivity contribution in [2.45, 2.75) is 46.6 Å². The minimum atomic E-state index is -1.12. The number of carbonyl (C=O) groups excluding carboxylic acids is 1. The monoisotopic (exact) mass is 268 g/mol. The normalized spacial score (nSPS) is 12.3. The van der Waals surface area contributed by atoms with Gasteiger partial charge in [0.1, 0.15) is 5.82 Å². The smallest absolute Gasteiger partial charge is 0.311 e. The molecule has 1 heterocycles. The number of carboxylic acid groups (broad SMARTS) is 1. The topological polar surface area (TPSA) is 108 Å². The molecule has 0 aliphatic heterocycles. The van der Waals surface area contributed by atoms with Crippen molar-refractivity contribution < 1.29 is 14.7 Å². The van der Waals surface area contributed by atoms with Gasteiger partial charge in [-0.15, -0.1) is 5.10 Å². The molecule has 1 aromatic rings. The van der Waals surface area contributed by atoms with E-state index in [0.717, 1.165) is 0 Å². The van der Waals surface area contributed by atoms with Crippen LogP contribution in [0.5, 0.6) is 0 Å². The zero-order chi connectivity index (χ0) is 14.8. The molecule has 0 atom stereocenters. The summed E-state index contributed by atoms with van der Waals surface area (Å²) in [4.78, 5) is 27.3. The summed E-state index contributed by atoms with van der Waals surface area (Å²) >= 11 is 0. The summed E-state index contributed by atoms with van der Waals surface area (Å²) in [6, 6.07) is 0. The van der Waals surface area contributed by atoms with E-state index in [2.05, 4.69) is 20.5 Å². The first-order chi connectivity index (χ1) is 8.61. The maximum Gasteiger partial charge on any atom is 0.311 e.